The van der Waals surface area contributed by atoms with Crippen LogP contribution in [-0.4, -0.2) is 41.4 Å². The molecule has 3 aromatic rings. The molecule has 6 nitrogen and oxygen atoms in total. The molecule has 1 fully saturated rings. The maximum Gasteiger partial charge on any atom is 0.274 e. The molecule has 0 atom stereocenters. The summed E-state index contributed by atoms with van der Waals surface area (Å²) in [4.78, 5) is 19.4. The summed E-state index contributed by atoms with van der Waals surface area (Å²) in [6.45, 7) is 2.95. The van der Waals surface area contributed by atoms with Crippen LogP contribution in [-0.2, 0) is 6.42 Å². The Bertz CT molecular complexity index is 950. The summed E-state index contributed by atoms with van der Waals surface area (Å²) in [6.07, 6.45) is 0.460. The van der Waals surface area contributed by atoms with Gasteiger partial charge in [-0.25, -0.2) is 4.39 Å². The van der Waals surface area contributed by atoms with E-state index in [0.717, 1.165) is 24.3 Å². The first-order chi connectivity index (χ1) is 13.2. The maximum atomic E-state index is 13.1. The lowest BCUT2D eigenvalue weighted by molar-refractivity contribution is 0.620. The first-order valence-electron chi connectivity index (χ1n) is 8.94. The fourth-order valence-corrected chi connectivity index (χ4v) is 3.23. The van der Waals surface area contributed by atoms with E-state index in [1.165, 1.54) is 12.1 Å². The highest BCUT2D eigenvalue weighted by Gasteiger charge is 2.20. The number of hydrogen-bond donors (Lipinski definition) is 1. The molecule has 1 saturated heterocycles. The first kappa shape index (κ1) is 17.2. The molecule has 1 N–H and O–H groups in total. The van der Waals surface area contributed by atoms with Gasteiger partial charge in [0.1, 0.15) is 11.5 Å². The maximum absolute atomic E-state index is 13.1. The van der Waals surface area contributed by atoms with E-state index in [1.807, 2.05) is 35.2 Å². The topological polar surface area (TPSA) is 65.1 Å². The van der Waals surface area contributed by atoms with Gasteiger partial charge in [0.05, 0.1) is 0 Å². The quantitative estimate of drug-likeness (QED) is 0.768. The van der Waals surface area contributed by atoms with E-state index >= 15 is 0 Å². The van der Waals surface area contributed by atoms with E-state index in [-0.39, 0.29) is 11.4 Å². The number of anilines is 2. The van der Waals surface area contributed by atoms with E-state index in [9.17, 15) is 9.18 Å². The van der Waals surface area contributed by atoms with Crippen LogP contribution in [0.4, 0.5) is 16.0 Å². The van der Waals surface area contributed by atoms with Crippen molar-refractivity contribution >= 4 is 11.6 Å². The molecule has 0 unspecified atom stereocenters. The first-order valence-corrected chi connectivity index (χ1v) is 8.94. The SMILES string of the molecule is O=c1[nH]c(N2CCN(c3ccc(F)cc3)CC2)nnc1Cc1ccccc1. The predicted octanol–water partition coefficient (Wildman–Crippen LogP) is 2.22. The van der Waals surface area contributed by atoms with Crippen LogP contribution < -0.4 is 15.4 Å². The third-order valence-corrected chi connectivity index (χ3v) is 4.74. The Hall–Kier alpha value is -3.22. The molecule has 0 bridgehead atoms. The predicted molar refractivity (Wildman–Crippen MR) is 103 cm³/mol. The molecule has 4 rings (SSSR count). The third kappa shape index (κ3) is 3.97. The van der Waals surface area contributed by atoms with Gasteiger partial charge in [0.15, 0.2) is 0 Å². The van der Waals surface area contributed by atoms with Gasteiger partial charge in [0.2, 0.25) is 5.95 Å². The van der Waals surface area contributed by atoms with Gasteiger partial charge in [0, 0.05) is 38.3 Å². The number of piperazine rings is 1. The van der Waals surface area contributed by atoms with Gasteiger partial charge >= 0.3 is 0 Å². The average Bonchev–Trinajstić information content (AvgIpc) is 2.71. The molecule has 1 aliphatic heterocycles. The molecule has 0 aliphatic carbocycles. The Morgan fingerprint density at radius 3 is 2.22 bits per heavy atom. The normalized spacial score (nSPS) is 14.4. The zero-order valence-corrected chi connectivity index (χ0v) is 14.8. The molecule has 7 heteroatoms. The van der Waals surface area contributed by atoms with Crippen molar-refractivity contribution < 1.29 is 4.39 Å². The van der Waals surface area contributed by atoms with Crippen LogP contribution in [0.5, 0.6) is 0 Å². The Balaban J connectivity index is 1.42. The lowest BCUT2D eigenvalue weighted by atomic mass is 10.1. The number of benzene rings is 2. The van der Waals surface area contributed by atoms with Crippen LogP contribution in [0, 0.1) is 5.82 Å². The molecule has 0 saturated carbocycles. The summed E-state index contributed by atoms with van der Waals surface area (Å²) in [5.74, 6) is 0.261. The van der Waals surface area contributed by atoms with Crippen molar-refractivity contribution in [2.24, 2.45) is 0 Å². The van der Waals surface area contributed by atoms with E-state index in [0.29, 0.717) is 31.2 Å². The summed E-state index contributed by atoms with van der Waals surface area (Å²) in [5, 5.41) is 8.37. The lowest BCUT2D eigenvalue weighted by Gasteiger charge is -2.36. The fraction of sp³-hybridized carbons (Fsp3) is 0.250. The number of nitrogens with one attached hydrogen (secondary N) is 1. The van der Waals surface area contributed by atoms with Crippen LogP contribution in [0.15, 0.2) is 59.4 Å². The minimum absolute atomic E-state index is 0.204. The molecule has 2 aromatic carbocycles. The van der Waals surface area contributed by atoms with Gasteiger partial charge in [-0.15, -0.1) is 10.2 Å². The summed E-state index contributed by atoms with van der Waals surface area (Å²) in [6, 6.07) is 16.2. The monoisotopic (exact) mass is 365 g/mol. The molecule has 2 heterocycles. The second kappa shape index (κ2) is 7.57. The van der Waals surface area contributed by atoms with Crippen LogP contribution in [0.3, 0.4) is 0 Å². The smallest absolute Gasteiger partial charge is 0.274 e. The average molecular weight is 365 g/mol. The molecule has 0 radical (unpaired) electrons. The second-order valence-corrected chi connectivity index (χ2v) is 6.54. The van der Waals surface area contributed by atoms with E-state index in [2.05, 4.69) is 20.1 Å². The minimum Gasteiger partial charge on any atom is -0.368 e. The van der Waals surface area contributed by atoms with Crippen molar-refractivity contribution in [3.8, 4) is 0 Å². The Labute approximate surface area is 156 Å². The lowest BCUT2D eigenvalue weighted by Crippen LogP contribution is -2.47. The van der Waals surface area contributed by atoms with E-state index in [4.69, 9.17) is 0 Å². The third-order valence-electron chi connectivity index (χ3n) is 4.74. The number of rotatable bonds is 4. The number of halogens is 1. The van der Waals surface area contributed by atoms with Crippen molar-refractivity contribution in [1.82, 2.24) is 15.2 Å². The number of aromatic nitrogens is 3. The zero-order valence-electron chi connectivity index (χ0n) is 14.8. The Morgan fingerprint density at radius 2 is 1.56 bits per heavy atom. The summed E-state index contributed by atoms with van der Waals surface area (Å²) in [7, 11) is 0. The largest absolute Gasteiger partial charge is 0.368 e. The highest BCUT2D eigenvalue weighted by atomic mass is 19.1. The fourth-order valence-electron chi connectivity index (χ4n) is 3.23. The molecule has 0 amide bonds. The van der Waals surface area contributed by atoms with Crippen LogP contribution >= 0.6 is 0 Å². The van der Waals surface area contributed by atoms with Gasteiger partial charge < -0.3 is 9.80 Å². The van der Waals surface area contributed by atoms with Crippen LogP contribution in [0.25, 0.3) is 0 Å². The minimum atomic E-state index is -0.235. The molecule has 138 valence electrons. The van der Waals surface area contributed by atoms with Gasteiger partial charge in [-0.05, 0) is 29.8 Å². The number of hydrogen-bond acceptors (Lipinski definition) is 5. The Morgan fingerprint density at radius 1 is 0.889 bits per heavy atom. The van der Waals surface area contributed by atoms with Crippen LogP contribution in [0.2, 0.25) is 0 Å². The van der Waals surface area contributed by atoms with Gasteiger partial charge in [-0.3, -0.25) is 9.78 Å². The highest BCUT2D eigenvalue weighted by Crippen LogP contribution is 2.18. The van der Waals surface area contributed by atoms with Crippen molar-refractivity contribution in [3.63, 3.8) is 0 Å². The molecular formula is C20H20FN5O. The molecule has 1 aliphatic rings. The van der Waals surface area contributed by atoms with Crippen molar-refractivity contribution in [1.29, 1.82) is 0 Å². The van der Waals surface area contributed by atoms with Crippen LogP contribution in [0.1, 0.15) is 11.3 Å². The van der Waals surface area contributed by atoms with Crippen molar-refractivity contribution in [2.45, 2.75) is 6.42 Å². The van der Waals surface area contributed by atoms with Gasteiger partial charge in [0.25, 0.3) is 5.56 Å². The Kier molecular flexibility index (Phi) is 4.82. The molecule has 0 spiro atoms. The molecule has 27 heavy (non-hydrogen) atoms. The summed E-state index contributed by atoms with van der Waals surface area (Å²) >= 11 is 0. The van der Waals surface area contributed by atoms with E-state index in [1.54, 1.807) is 12.1 Å². The summed E-state index contributed by atoms with van der Waals surface area (Å²) in [5.41, 5.74) is 2.23. The molecule has 1 aromatic heterocycles. The number of H-pyrrole nitrogens is 1. The van der Waals surface area contributed by atoms with Gasteiger partial charge in [-0.1, -0.05) is 30.3 Å². The second-order valence-electron chi connectivity index (χ2n) is 6.54. The molecular weight excluding hydrogens is 345 g/mol. The zero-order chi connectivity index (χ0) is 18.6. The highest BCUT2D eigenvalue weighted by molar-refractivity contribution is 5.48. The summed E-state index contributed by atoms with van der Waals surface area (Å²) < 4.78 is 13.1. The standard InChI is InChI=1S/C20H20FN5O/c21-16-6-8-17(9-7-16)25-10-12-26(13-11-25)20-22-19(27)18(23-24-20)14-15-4-2-1-3-5-15/h1-9H,10-14H2,(H,22,24,27). The number of nitrogens with zero attached hydrogens (tertiary/aromatic N) is 4. The van der Waals surface area contributed by atoms with Crippen molar-refractivity contribution in [3.05, 3.63) is 82.0 Å². The van der Waals surface area contributed by atoms with Crippen molar-refractivity contribution in [2.75, 3.05) is 36.0 Å². The van der Waals surface area contributed by atoms with Gasteiger partial charge in [-0.2, -0.15) is 0 Å². The number of aromatic amines is 1. The van der Waals surface area contributed by atoms with E-state index < -0.39 is 0 Å².